The number of nitrogens with one attached hydrogen (secondary N) is 1. The third-order valence-electron chi connectivity index (χ3n) is 3.79. The van der Waals surface area contributed by atoms with Crippen LogP contribution in [0.4, 0.5) is 5.69 Å². The zero-order valence-corrected chi connectivity index (χ0v) is 15.6. The molecule has 0 spiro atoms. The topological polar surface area (TPSA) is 55.4 Å². The first kappa shape index (κ1) is 19.0. The first-order chi connectivity index (χ1) is 13.0. The molecule has 27 heavy (non-hydrogen) atoms. The summed E-state index contributed by atoms with van der Waals surface area (Å²) in [4.78, 5) is 23.8. The van der Waals surface area contributed by atoms with Crippen LogP contribution in [-0.2, 0) is 14.3 Å². The first-order valence-electron chi connectivity index (χ1n) is 8.11. The van der Waals surface area contributed by atoms with Gasteiger partial charge in [0.2, 0.25) is 0 Å². The van der Waals surface area contributed by atoms with Crippen LogP contribution in [0.1, 0.15) is 5.56 Å². The lowest BCUT2D eigenvalue weighted by atomic mass is 10.0. The molecule has 3 rings (SSSR count). The third-order valence-corrected chi connectivity index (χ3v) is 4.61. The molecular formula is C21H15Cl2NO3. The molecule has 0 aliphatic heterocycles. The second-order valence-electron chi connectivity index (χ2n) is 5.66. The molecule has 136 valence electrons. The van der Waals surface area contributed by atoms with Crippen molar-refractivity contribution in [3.05, 3.63) is 82.3 Å². The molecule has 0 aliphatic rings. The van der Waals surface area contributed by atoms with Crippen molar-refractivity contribution in [2.45, 2.75) is 0 Å². The number of carbonyl (C=O) groups is 2. The van der Waals surface area contributed by atoms with Gasteiger partial charge < -0.3 is 10.1 Å². The number of fused-ring (bicyclic) bond motifs is 1. The molecule has 0 heterocycles. The SMILES string of the molecule is O=C(COC(=O)/C=C/c1cccc2ccccc12)Nc1cccc(Cl)c1Cl. The summed E-state index contributed by atoms with van der Waals surface area (Å²) in [5.41, 5.74) is 1.25. The highest BCUT2D eigenvalue weighted by atomic mass is 35.5. The molecule has 1 N–H and O–H groups in total. The van der Waals surface area contributed by atoms with Crippen molar-refractivity contribution in [1.29, 1.82) is 0 Å². The van der Waals surface area contributed by atoms with Gasteiger partial charge in [-0.2, -0.15) is 0 Å². The summed E-state index contributed by atoms with van der Waals surface area (Å²) in [5, 5.41) is 5.20. The third kappa shape index (κ3) is 4.88. The van der Waals surface area contributed by atoms with Crippen LogP contribution in [-0.4, -0.2) is 18.5 Å². The molecule has 1 amide bonds. The van der Waals surface area contributed by atoms with E-state index in [9.17, 15) is 9.59 Å². The van der Waals surface area contributed by atoms with Crippen LogP contribution in [0, 0.1) is 0 Å². The van der Waals surface area contributed by atoms with Gasteiger partial charge in [0.05, 0.1) is 15.7 Å². The zero-order chi connectivity index (χ0) is 19.2. The molecule has 0 radical (unpaired) electrons. The molecule has 0 bridgehead atoms. The normalized spacial score (nSPS) is 10.9. The van der Waals surface area contributed by atoms with Gasteiger partial charge in [0.15, 0.2) is 6.61 Å². The Hall–Kier alpha value is -2.82. The lowest BCUT2D eigenvalue weighted by Crippen LogP contribution is -2.20. The lowest BCUT2D eigenvalue weighted by molar-refractivity contribution is -0.142. The van der Waals surface area contributed by atoms with Gasteiger partial charge in [-0.05, 0) is 34.5 Å². The van der Waals surface area contributed by atoms with Crippen LogP contribution in [0.15, 0.2) is 66.7 Å². The van der Waals surface area contributed by atoms with Gasteiger partial charge in [-0.25, -0.2) is 4.79 Å². The fourth-order valence-corrected chi connectivity index (χ4v) is 2.87. The highest BCUT2D eigenvalue weighted by Crippen LogP contribution is 2.29. The summed E-state index contributed by atoms with van der Waals surface area (Å²) in [5.74, 6) is -1.12. The van der Waals surface area contributed by atoms with Crippen LogP contribution in [0.3, 0.4) is 0 Å². The van der Waals surface area contributed by atoms with Gasteiger partial charge in [0.1, 0.15) is 0 Å². The summed E-state index contributed by atoms with van der Waals surface area (Å²) in [7, 11) is 0. The summed E-state index contributed by atoms with van der Waals surface area (Å²) >= 11 is 11.9. The van der Waals surface area contributed by atoms with Crippen molar-refractivity contribution in [3.8, 4) is 0 Å². The monoisotopic (exact) mass is 399 g/mol. The number of carbonyl (C=O) groups excluding carboxylic acids is 2. The van der Waals surface area contributed by atoms with Gasteiger partial charge in [-0.3, -0.25) is 4.79 Å². The average molecular weight is 400 g/mol. The van der Waals surface area contributed by atoms with Crippen molar-refractivity contribution < 1.29 is 14.3 Å². The smallest absolute Gasteiger partial charge is 0.331 e. The number of hydrogen-bond acceptors (Lipinski definition) is 3. The molecular weight excluding hydrogens is 385 g/mol. The largest absolute Gasteiger partial charge is 0.452 e. The number of anilines is 1. The number of benzene rings is 3. The van der Waals surface area contributed by atoms with E-state index in [1.165, 1.54) is 6.08 Å². The molecule has 4 nitrogen and oxygen atoms in total. The number of esters is 1. The van der Waals surface area contributed by atoms with E-state index in [1.807, 2.05) is 42.5 Å². The van der Waals surface area contributed by atoms with Crippen molar-refractivity contribution >= 4 is 57.6 Å². The quantitative estimate of drug-likeness (QED) is 0.465. The molecule has 3 aromatic rings. The summed E-state index contributed by atoms with van der Waals surface area (Å²) in [6.07, 6.45) is 2.96. The molecule has 3 aromatic carbocycles. The fraction of sp³-hybridized carbons (Fsp3) is 0.0476. The highest BCUT2D eigenvalue weighted by Gasteiger charge is 2.10. The first-order valence-corrected chi connectivity index (χ1v) is 8.86. The number of hydrogen-bond donors (Lipinski definition) is 1. The predicted molar refractivity (Wildman–Crippen MR) is 109 cm³/mol. The Morgan fingerprint density at radius 2 is 1.70 bits per heavy atom. The molecule has 0 aromatic heterocycles. The Morgan fingerprint density at radius 3 is 2.56 bits per heavy atom. The van der Waals surface area contributed by atoms with Gasteiger partial charge in [0.25, 0.3) is 5.91 Å². The van der Waals surface area contributed by atoms with E-state index >= 15 is 0 Å². The predicted octanol–water partition coefficient (Wildman–Crippen LogP) is 5.34. The summed E-state index contributed by atoms with van der Waals surface area (Å²) in [6.45, 7) is -0.429. The second-order valence-corrected chi connectivity index (χ2v) is 6.44. The lowest BCUT2D eigenvalue weighted by Gasteiger charge is -2.08. The van der Waals surface area contributed by atoms with Crippen LogP contribution < -0.4 is 5.32 Å². The summed E-state index contributed by atoms with van der Waals surface area (Å²) < 4.78 is 4.97. The zero-order valence-electron chi connectivity index (χ0n) is 14.1. The minimum atomic E-state index is -0.615. The summed E-state index contributed by atoms with van der Waals surface area (Å²) in [6, 6.07) is 18.5. The van der Waals surface area contributed by atoms with Gasteiger partial charge in [0, 0.05) is 6.08 Å². The molecule has 0 aliphatic carbocycles. The minimum absolute atomic E-state index is 0.231. The van der Waals surface area contributed by atoms with Crippen LogP contribution in [0.2, 0.25) is 10.0 Å². The van der Waals surface area contributed by atoms with Crippen LogP contribution in [0.5, 0.6) is 0 Å². The Kier molecular flexibility index (Phi) is 6.12. The number of amides is 1. The maximum Gasteiger partial charge on any atom is 0.331 e. The van der Waals surface area contributed by atoms with E-state index in [0.717, 1.165) is 16.3 Å². The number of rotatable bonds is 5. The van der Waals surface area contributed by atoms with Gasteiger partial charge in [-0.1, -0.05) is 71.7 Å². The second kappa shape index (κ2) is 8.71. The maximum atomic E-state index is 11.9. The van der Waals surface area contributed by atoms with E-state index in [4.69, 9.17) is 27.9 Å². The van der Waals surface area contributed by atoms with Gasteiger partial charge in [-0.15, -0.1) is 0 Å². The van der Waals surface area contributed by atoms with Crippen molar-refractivity contribution in [2.24, 2.45) is 0 Å². The Labute approximate surface area is 166 Å². The van der Waals surface area contributed by atoms with E-state index in [-0.39, 0.29) is 5.02 Å². The van der Waals surface area contributed by atoms with Crippen LogP contribution in [0.25, 0.3) is 16.8 Å². The Morgan fingerprint density at radius 1 is 0.963 bits per heavy atom. The molecule has 0 saturated heterocycles. The Balaban J connectivity index is 1.58. The van der Waals surface area contributed by atoms with E-state index < -0.39 is 18.5 Å². The van der Waals surface area contributed by atoms with E-state index in [2.05, 4.69) is 5.32 Å². The van der Waals surface area contributed by atoms with Gasteiger partial charge >= 0.3 is 5.97 Å². The van der Waals surface area contributed by atoms with Crippen molar-refractivity contribution in [2.75, 3.05) is 11.9 Å². The Bertz CT molecular complexity index is 1030. The average Bonchev–Trinajstić information content (AvgIpc) is 2.68. The molecule has 0 unspecified atom stereocenters. The van der Waals surface area contributed by atoms with Crippen LogP contribution >= 0.6 is 23.2 Å². The highest BCUT2D eigenvalue weighted by molar-refractivity contribution is 6.44. The number of halogens is 2. The van der Waals surface area contributed by atoms with Crippen molar-refractivity contribution in [3.63, 3.8) is 0 Å². The van der Waals surface area contributed by atoms with E-state index in [1.54, 1.807) is 24.3 Å². The molecule has 6 heteroatoms. The molecule has 0 saturated carbocycles. The van der Waals surface area contributed by atoms with Crippen molar-refractivity contribution in [1.82, 2.24) is 0 Å². The fourth-order valence-electron chi connectivity index (χ4n) is 2.53. The minimum Gasteiger partial charge on any atom is -0.452 e. The molecule has 0 fully saturated rings. The maximum absolute atomic E-state index is 11.9. The number of ether oxygens (including phenoxy) is 1. The molecule has 0 atom stereocenters. The standard InChI is InChI=1S/C21H15Cl2NO3/c22-17-9-4-10-18(21(17)23)24-19(25)13-27-20(26)12-11-15-7-3-6-14-5-1-2-8-16(14)15/h1-12H,13H2,(H,24,25)/b12-11+. The van der Waals surface area contributed by atoms with E-state index in [0.29, 0.717) is 10.7 Å².